The van der Waals surface area contributed by atoms with Crippen LogP contribution in [0.15, 0.2) is 59.5 Å². The van der Waals surface area contributed by atoms with Crippen LogP contribution in [0.3, 0.4) is 0 Å². The van der Waals surface area contributed by atoms with Crippen molar-refractivity contribution in [3.63, 3.8) is 0 Å². The number of rotatable bonds is 8. The van der Waals surface area contributed by atoms with Crippen LogP contribution in [0.4, 0.5) is 8.78 Å². The molecule has 8 nitrogen and oxygen atoms in total. The Bertz CT molecular complexity index is 1580. The quantitative estimate of drug-likeness (QED) is 0.243. The Balaban J connectivity index is 1.51. The van der Waals surface area contributed by atoms with Gasteiger partial charge in [-0.15, -0.1) is 0 Å². The molecule has 2 atom stereocenters. The summed E-state index contributed by atoms with van der Waals surface area (Å²) in [5, 5.41) is 12.1. The van der Waals surface area contributed by atoms with E-state index in [1.807, 2.05) is 0 Å². The fraction of sp³-hybridized carbons (Fsp3) is 0.179. The highest BCUT2D eigenvalue weighted by molar-refractivity contribution is 7.79. The Morgan fingerprint density at radius 3 is 2.44 bits per heavy atom. The Kier molecular flexibility index (Phi) is 9.54. The van der Waals surface area contributed by atoms with E-state index in [9.17, 15) is 37.0 Å². The number of fused-ring (bicyclic) bond motifs is 1. The molecule has 3 aromatic rings. The van der Waals surface area contributed by atoms with Crippen molar-refractivity contribution < 1.29 is 37.0 Å². The van der Waals surface area contributed by atoms with E-state index in [4.69, 9.17) is 23.2 Å². The summed E-state index contributed by atoms with van der Waals surface area (Å²) in [5.41, 5.74) is 1.07. The lowest BCUT2D eigenvalue weighted by Gasteiger charge is -2.29. The summed E-state index contributed by atoms with van der Waals surface area (Å²) < 4.78 is 48.4. The number of nitrogens with one attached hydrogen (secondary N) is 1. The molecule has 0 aromatic heterocycles. The second-order valence-electron chi connectivity index (χ2n) is 9.13. The lowest BCUT2D eigenvalue weighted by molar-refractivity contribution is -0.139. The summed E-state index contributed by atoms with van der Waals surface area (Å²) in [6, 6.07) is 9.29. The van der Waals surface area contributed by atoms with Crippen LogP contribution >= 0.6 is 23.2 Å². The normalized spacial score (nSPS) is 14.4. The SMILES string of the molecule is O=C(NC(Cc1cccc(S(=O)O)c1)C(=O)O)c1c(Cl)cc2c(c1Cl)CCN(C(=O)C=Cc1c(F)cccc1F)C2. The molecule has 41 heavy (non-hydrogen) atoms. The average Bonchev–Trinajstić information content (AvgIpc) is 2.92. The van der Waals surface area contributed by atoms with Gasteiger partial charge < -0.3 is 19.9 Å². The minimum atomic E-state index is -2.26. The summed E-state index contributed by atoms with van der Waals surface area (Å²) in [7, 11) is 0. The van der Waals surface area contributed by atoms with Gasteiger partial charge in [0.25, 0.3) is 5.91 Å². The van der Waals surface area contributed by atoms with E-state index in [0.717, 1.165) is 24.3 Å². The maximum Gasteiger partial charge on any atom is 0.326 e. The van der Waals surface area contributed by atoms with Crippen LogP contribution in [0.5, 0.6) is 0 Å². The first-order chi connectivity index (χ1) is 19.5. The standard InChI is InChI=1S/C28H22Cl2F2N2O6S/c29-20-13-16-14-34(24(35)8-7-19-21(31)5-2-6-22(19)32)10-9-18(16)26(30)25(20)27(36)33-23(28(37)38)12-15-3-1-4-17(11-15)41(39)40/h1-8,11,13,23H,9-10,12,14H2,(H,33,36)(H,37,38)(H,39,40). The number of carbonyl (C=O) groups is 3. The number of halogens is 4. The molecule has 3 aromatic carbocycles. The number of carboxylic acids is 1. The molecule has 1 aliphatic rings. The minimum absolute atomic E-state index is 0.0166. The van der Waals surface area contributed by atoms with Crippen molar-refractivity contribution in [3.05, 3.63) is 104 Å². The first kappa shape index (κ1) is 30.3. The third kappa shape index (κ3) is 6.99. The zero-order chi connectivity index (χ0) is 29.8. The Hall–Kier alpha value is -3.64. The van der Waals surface area contributed by atoms with E-state index < -0.39 is 46.5 Å². The van der Waals surface area contributed by atoms with Crippen molar-refractivity contribution in [1.29, 1.82) is 0 Å². The molecule has 0 saturated carbocycles. The van der Waals surface area contributed by atoms with Gasteiger partial charge in [0.1, 0.15) is 17.7 Å². The molecule has 0 aliphatic carbocycles. The van der Waals surface area contributed by atoms with Crippen LogP contribution in [0, 0.1) is 11.6 Å². The molecule has 0 radical (unpaired) electrons. The maximum atomic E-state index is 13.9. The zero-order valence-electron chi connectivity index (χ0n) is 21.1. The second-order valence-corrected chi connectivity index (χ2v) is 10.9. The summed E-state index contributed by atoms with van der Waals surface area (Å²) >= 11 is 10.7. The lowest BCUT2D eigenvalue weighted by atomic mass is 9.96. The highest BCUT2D eigenvalue weighted by Gasteiger charge is 2.29. The van der Waals surface area contributed by atoms with Crippen LogP contribution in [-0.2, 0) is 40.1 Å². The number of carboxylic acid groups (broad SMARTS) is 1. The topological polar surface area (TPSA) is 124 Å². The van der Waals surface area contributed by atoms with E-state index in [1.165, 1.54) is 35.2 Å². The van der Waals surface area contributed by atoms with Crippen molar-refractivity contribution >= 4 is 58.1 Å². The largest absolute Gasteiger partial charge is 0.480 e. The summed E-state index contributed by atoms with van der Waals surface area (Å²) in [5.74, 6) is -4.27. The maximum absolute atomic E-state index is 13.9. The molecular formula is C28H22Cl2F2N2O6S. The average molecular weight is 623 g/mol. The van der Waals surface area contributed by atoms with E-state index in [2.05, 4.69) is 5.32 Å². The Morgan fingerprint density at radius 2 is 1.78 bits per heavy atom. The number of aliphatic carboxylic acids is 1. The fourth-order valence-corrected chi connectivity index (χ4v) is 5.64. The van der Waals surface area contributed by atoms with Gasteiger partial charge in [-0.1, -0.05) is 41.4 Å². The molecule has 4 rings (SSSR count). The summed E-state index contributed by atoms with van der Waals surface area (Å²) in [4.78, 5) is 39.3. The predicted molar refractivity (Wildman–Crippen MR) is 149 cm³/mol. The molecule has 214 valence electrons. The molecule has 3 N–H and O–H groups in total. The van der Waals surface area contributed by atoms with Crippen molar-refractivity contribution in [3.8, 4) is 0 Å². The smallest absolute Gasteiger partial charge is 0.326 e. The Labute approximate surface area is 245 Å². The van der Waals surface area contributed by atoms with Gasteiger partial charge in [-0.25, -0.2) is 17.8 Å². The monoisotopic (exact) mass is 622 g/mol. The highest BCUT2D eigenvalue weighted by atomic mass is 35.5. The molecule has 0 spiro atoms. The molecule has 0 fully saturated rings. The van der Waals surface area contributed by atoms with Crippen LogP contribution in [0.25, 0.3) is 6.08 Å². The van der Waals surface area contributed by atoms with Crippen LogP contribution in [0.1, 0.15) is 32.6 Å². The third-order valence-electron chi connectivity index (χ3n) is 6.48. The van der Waals surface area contributed by atoms with Gasteiger partial charge in [0.05, 0.1) is 20.5 Å². The lowest BCUT2D eigenvalue weighted by Crippen LogP contribution is -2.42. The van der Waals surface area contributed by atoms with Crippen molar-refractivity contribution in [1.82, 2.24) is 10.2 Å². The van der Waals surface area contributed by atoms with Crippen molar-refractivity contribution in [2.45, 2.75) is 30.3 Å². The van der Waals surface area contributed by atoms with Crippen LogP contribution < -0.4 is 5.32 Å². The van der Waals surface area contributed by atoms with Gasteiger partial charge in [0.2, 0.25) is 5.91 Å². The van der Waals surface area contributed by atoms with Crippen LogP contribution in [-0.4, -0.2) is 49.1 Å². The number of benzene rings is 3. The van der Waals surface area contributed by atoms with Gasteiger partial charge >= 0.3 is 5.97 Å². The third-order valence-corrected chi connectivity index (χ3v) is 7.85. The second kappa shape index (κ2) is 12.9. The molecule has 1 aliphatic heterocycles. The summed E-state index contributed by atoms with van der Waals surface area (Å²) in [6.45, 7) is 0.262. The zero-order valence-corrected chi connectivity index (χ0v) is 23.4. The van der Waals surface area contributed by atoms with Gasteiger partial charge in [-0.2, -0.15) is 0 Å². The Morgan fingerprint density at radius 1 is 1.10 bits per heavy atom. The predicted octanol–water partition coefficient (Wildman–Crippen LogP) is 4.88. The number of hydrogen-bond acceptors (Lipinski definition) is 4. The first-order valence-electron chi connectivity index (χ1n) is 12.1. The molecule has 0 saturated heterocycles. The molecule has 2 amide bonds. The van der Waals surface area contributed by atoms with Crippen LogP contribution in [0.2, 0.25) is 10.0 Å². The van der Waals surface area contributed by atoms with E-state index in [0.29, 0.717) is 16.7 Å². The van der Waals surface area contributed by atoms with Crippen molar-refractivity contribution in [2.24, 2.45) is 0 Å². The van der Waals surface area contributed by atoms with Crippen molar-refractivity contribution in [2.75, 3.05) is 6.54 Å². The number of amides is 2. The van der Waals surface area contributed by atoms with Gasteiger partial charge in [-0.3, -0.25) is 9.59 Å². The molecule has 2 unspecified atom stereocenters. The van der Waals surface area contributed by atoms with Gasteiger partial charge in [-0.05, 0) is 59.5 Å². The minimum Gasteiger partial charge on any atom is -0.480 e. The molecule has 13 heteroatoms. The highest BCUT2D eigenvalue weighted by Crippen LogP contribution is 2.35. The molecule has 0 bridgehead atoms. The first-order valence-corrected chi connectivity index (χ1v) is 14.0. The van der Waals surface area contributed by atoms with E-state index in [1.54, 1.807) is 6.07 Å². The van der Waals surface area contributed by atoms with Gasteiger partial charge in [0, 0.05) is 31.1 Å². The number of hydrogen-bond donors (Lipinski definition) is 3. The summed E-state index contributed by atoms with van der Waals surface area (Å²) in [6.07, 6.45) is 2.20. The molecule has 1 heterocycles. The fourth-order valence-electron chi connectivity index (χ4n) is 4.43. The van der Waals surface area contributed by atoms with E-state index in [-0.39, 0.29) is 52.0 Å². The van der Waals surface area contributed by atoms with Gasteiger partial charge in [0.15, 0.2) is 11.1 Å². The number of carbonyl (C=O) groups excluding carboxylic acids is 2. The molecular weight excluding hydrogens is 601 g/mol. The van der Waals surface area contributed by atoms with E-state index >= 15 is 0 Å². The number of nitrogens with zero attached hydrogens (tertiary/aromatic N) is 1.